The van der Waals surface area contributed by atoms with Crippen molar-refractivity contribution in [2.75, 3.05) is 13.2 Å². The average Bonchev–Trinajstić information content (AvgIpc) is 3.04. The Bertz CT molecular complexity index is 1000. The summed E-state index contributed by atoms with van der Waals surface area (Å²) in [6.45, 7) is 5.50. The van der Waals surface area contributed by atoms with E-state index in [-0.39, 0.29) is 31.8 Å². The molecule has 0 aliphatic carbocycles. The van der Waals surface area contributed by atoms with Gasteiger partial charge in [0.05, 0.1) is 25.7 Å². The summed E-state index contributed by atoms with van der Waals surface area (Å²) < 4.78 is 45.4. The molecule has 35 heavy (non-hydrogen) atoms. The quantitative estimate of drug-likeness (QED) is 0.201. The van der Waals surface area contributed by atoms with E-state index in [4.69, 9.17) is 34.2 Å². The Morgan fingerprint density at radius 2 is 2.06 bits per heavy atom. The van der Waals surface area contributed by atoms with Gasteiger partial charge in [0.15, 0.2) is 12.0 Å². The molecule has 0 saturated carbocycles. The van der Waals surface area contributed by atoms with Gasteiger partial charge in [-0.15, -0.1) is 6.42 Å². The predicted molar refractivity (Wildman–Crippen MR) is 117 cm³/mol. The number of allylic oxidation sites excluding steroid dienone is 1. The van der Waals surface area contributed by atoms with Crippen LogP contribution in [-0.2, 0) is 51.5 Å². The molecule has 2 saturated heterocycles. The number of ketones is 1. The number of hydrogen-bond acceptors (Lipinski definition) is 11. The van der Waals surface area contributed by atoms with E-state index in [1.54, 1.807) is 20.8 Å². The van der Waals surface area contributed by atoms with E-state index in [1.807, 2.05) is 0 Å². The Labute approximate surface area is 202 Å². The molecule has 0 spiro atoms. The van der Waals surface area contributed by atoms with E-state index >= 15 is 0 Å². The lowest BCUT2D eigenvalue weighted by molar-refractivity contribution is -0.170. The van der Waals surface area contributed by atoms with Crippen LogP contribution >= 0.6 is 7.82 Å². The molecule has 3 heterocycles. The fourth-order valence-corrected chi connectivity index (χ4v) is 5.37. The zero-order valence-electron chi connectivity index (χ0n) is 19.8. The molecule has 0 N–H and O–H groups in total. The molecule has 0 bridgehead atoms. The summed E-state index contributed by atoms with van der Waals surface area (Å²) >= 11 is 0. The maximum Gasteiger partial charge on any atom is 0.475 e. The number of phosphoric acid groups is 1. The van der Waals surface area contributed by atoms with Crippen molar-refractivity contribution in [2.24, 2.45) is 5.41 Å². The Kier molecular flexibility index (Phi) is 8.19. The summed E-state index contributed by atoms with van der Waals surface area (Å²) in [6, 6.07) is 0. The molecule has 0 unspecified atom stereocenters. The maximum atomic E-state index is 13.2. The molecule has 1 amide bonds. The maximum absolute atomic E-state index is 13.2. The van der Waals surface area contributed by atoms with Gasteiger partial charge < -0.3 is 14.2 Å². The van der Waals surface area contributed by atoms with Crippen molar-refractivity contribution in [2.45, 2.75) is 71.2 Å². The third-order valence-electron chi connectivity index (χ3n) is 5.54. The largest absolute Gasteiger partial charge is 0.475 e. The zero-order valence-corrected chi connectivity index (χ0v) is 20.7. The van der Waals surface area contributed by atoms with Crippen LogP contribution in [0.15, 0.2) is 12.3 Å². The van der Waals surface area contributed by atoms with Crippen LogP contribution in [0, 0.1) is 17.8 Å². The van der Waals surface area contributed by atoms with Crippen LogP contribution in [0.1, 0.15) is 40.5 Å². The molecule has 0 aromatic carbocycles. The third kappa shape index (κ3) is 6.00. The number of nitrogens with zero attached hydrogens (tertiary/aromatic N) is 1. The normalized spacial score (nSPS) is 33.3. The Morgan fingerprint density at radius 3 is 2.66 bits per heavy atom. The molecule has 0 aromatic heterocycles. The van der Waals surface area contributed by atoms with Crippen molar-refractivity contribution in [3.8, 4) is 12.3 Å². The van der Waals surface area contributed by atoms with Crippen LogP contribution in [0.4, 0.5) is 0 Å². The van der Waals surface area contributed by atoms with Gasteiger partial charge in [-0.05, 0) is 26.8 Å². The Balaban J connectivity index is 1.68. The SMILES string of the molecule is C#C[C@]1(C)[C@@H]2O[P@](=O)(OCC[C@@H](OC(C)=O)C(=O)OC(C)C)OC[C@H]2O[C@H]1N1C=CC(=O)CC1=O. The molecular formula is C22H28NO11P. The topological polar surface area (TPSA) is 144 Å². The molecule has 3 aliphatic rings. The van der Waals surface area contributed by atoms with Gasteiger partial charge in [0.2, 0.25) is 12.0 Å². The summed E-state index contributed by atoms with van der Waals surface area (Å²) in [5, 5.41) is 0. The monoisotopic (exact) mass is 513 g/mol. The lowest BCUT2D eigenvalue weighted by atomic mass is 9.82. The first-order valence-corrected chi connectivity index (χ1v) is 12.4. The van der Waals surface area contributed by atoms with Crippen LogP contribution in [0.25, 0.3) is 0 Å². The van der Waals surface area contributed by atoms with E-state index in [0.717, 1.165) is 6.92 Å². The summed E-state index contributed by atoms with van der Waals surface area (Å²) in [6.07, 6.45) is 3.42. The summed E-state index contributed by atoms with van der Waals surface area (Å²) in [7, 11) is -4.16. The van der Waals surface area contributed by atoms with Crippen LogP contribution in [0.5, 0.6) is 0 Å². The Morgan fingerprint density at radius 1 is 1.34 bits per heavy atom. The predicted octanol–water partition coefficient (Wildman–Crippen LogP) is 1.48. The fourth-order valence-electron chi connectivity index (χ4n) is 3.88. The van der Waals surface area contributed by atoms with Gasteiger partial charge in [0, 0.05) is 19.5 Å². The minimum atomic E-state index is -4.16. The number of amides is 1. The average molecular weight is 513 g/mol. The smallest absolute Gasteiger partial charge is 0.460 e. The number of carbonyl (C=O) groups is 4. The molecule has 12 nitrogen and oxygen atoms in total. The highest BCUT2D eigenvalue weighted by molar-refractivity contribution is 7.48. The molecule has 0 aromatic rings. The van der Waals surface area contributed by atoms with Gasteiger partial charge >= 0.3 is 19.8 Å². The number of esters is 2. The van der Waals surface area contributed by atoms with Gasteiger partial charge in [-0.2, -0.15) is 0 Å². The first-order chi connectivity index (χ1) is 16.4. The van der Waals surface area contributed by atoms with Crippen molar-refractivity contribution >= 4 is 31.5 Å². The van der Waals surface area contributed by atoms with E-state index in [0.29, 0.717) is 0 Å². The summed E-state index contributed by atoms with van der Waals surface area (Å²) in [4.78, 5) is 48.7. The third-order valence-corrected chi connectivity index (χ3v) is 6.98. The highest BCUT2D eigenvalue weighted by Gasteiger charge is 2.61. The summed E-state index contributed by atoms with van der Waals surface area (Å²) in [5.74, 6) is 0.269. The minimum Gasteiger partial charge on any atom is -0.460 e. The second-order valence-corrected chi connectivity index (χ2v) is 10.3. The number of terminal acetylenes is 1. The van der Waals surface area contributed by atoms with Crippen molar-refractivity contribution < 1.29 is 51.5 Å². The molecule has 2 fully saturated rings. The van der Waals surface area contributed by atoms with Crippen LogP contribution in [0.3, 0.4) is 0 Å². The first-order valence-electron chi connectivity index (χ1n) is 11.0. The van der Waals surface area contributed by atoms with Gasteiger partial charge in [-0.1, -0.05) is 5.92 Å². The van der Waals surface area contributed by atoms with E-state index < -0.39 is 61.7 Å². The first kappa shape index (κ1) is 27.0. The summed E-state index contributed by atoms with van der Waals surface area (Å²) in [5.41, 5.74) is -1.25. The van der Waals surface area contributed by atoms with Crippen molar-refractivity contribution in [3.05, 3.63) is 12.3 Å². The van der Waals surface area contributed by atoms with Gasteiger partial charge in [-0.3, -0.25) is 32.9 Å². The van der Waals surface area contributed by atoms with Gasteiger partial charge in [-0.25, -0.2) is 9.36 Å². The van der Waals surface area contributed by atoms with E-state index in [1.165, 1.54) is 17.2 Å². The molecule has 6 atom stereocenters. The lowest BCUT2D eigenvalue weighted by Gasteiger charge is -2.37. The highest BCUT2D eigenvalue weighted by Crippen LogP contribution is 2.59. The van der Waals surface area contributed by atoms with E-state index in [9.17, 15) is 23.7 Å². The minimum absolute atomic E-state index is 0.164. The van der Waals surface area contributed by atoms with Gasteiger partial charge in [0.1, 0.15) is 17.6 Å². The molecule has 3 rings (SSSR count). The lowest BCUT2D eigenvalue weighted by Crippen LogP contribution is -2.49. The molecule has 13 heteroatoms. The number of carbonyl (C=O) groups excluding carboxylic acids is 4. The zero-order chi connectivity index (χ0) is 26.0. The number of hydrogen-bond donors (Lipinski definition) is 0. The van der Waals surface area contributed by atoms with Crippen LogP contribution in [0.2, 0.25) is 0 Å². The number of fused-ring (bicyclic) bond motifs is 1. The standard InChI is InChI=1S/C22H28NO11P/c1-6-22(5)19-17(33-21(22)23-9-7-15(25)11-18(23)26)12-30-35(28,34-19)29-10-8-16(32-14(4)24)20(27)31-13(2)3/h1,7,9,13,16-17,19,21H,8,10-12H2,2-5H3/t16-,17-,19-,21-,22-,35-/m1/s1. The van der Waals surface area contributed by atoms with E-state index in [2.05, 4.69) is 5.92 Å². The van der Waals surface area contributed by atoms with Crippen molar-refractivity contribution in [1.29, 1.82) is 0 Å². The number of ether oxygens (including phenoxy) is 3. The Hall–Kier alpha value is -2.55. The molecule has 192 valence electrons. The second-order valence-electron chi connectivity index (χ2n) is 8.69. The van der Waals surface area contributed by atoms with Gasteiger partial charge in [0.25, 0.3) is 0 Å². The van der Waals surface area contributed by atoms with Crippen molar-refractivity contribution in [1.82, 2.24) is 4.90 Å². The number of rotatable bonds is 8. The highest BCUT2D eigenvalue weighted by atomic mass is 31.2. The second kappa shape index (κ2) is 10.6. The van der Waals surface area contributed by atoms with Crippen LogP contribution < -0.4 is 0 Å². The van der Waals surface area contributed by atoms with Crippen LogP contribution in [-0.4, -0.2) is 72.4 Å². The molecular weight excluding hydrogens is 485 g/mol. The van der Waals surface area contributed by atoms with Crippen molar-refractivity contribution in [3.63, 3.8) is 0 Å². The number of phosphoric ester groups is 1. The molecule has 3 aliphatic heterocycles. The fraction of sp³-hybridized carbons (Fsp3) is 0.636. The molecule has 0 radical (unpaired) electrons.